The zero-order chi connectivity index (χ0) is 7.14. The van der Waals surface area contributed by atoms with E-state index in [9.17, 15) is 4.79 Å². The predicted octanol–water partition coefficient (Wildman–Crippen LogP) is 2.61. The van der Waals surface area contributed by atoms with Gasteiger partial charge in [-0.1, -0.05) is 11.6 Å². The van der Waals surface area contributed by atoms with Crippen LogP contribution in [0.25, 0.3) is 6.08 Å². The molecule has 0 amide bonds. The molecular formula is C7H3ClOS. The van der Waals surface area contributed by atoms with E-state index < -0.39 is 0 Å². The van der Waals surface area contributed by atoms with E-state index in [0.29, 0.717) is 4.34 Å². The molecule has 1 aromatic heterocycles. The van der Waals surface area contributed by atoms with Crippen molar-refractivity contribution in [1.82, 2.24) is 0 Å². The van der Waals surface area contributed by atoms with Crippen molar-refractivity contribution in [2.24, 2.45) is 0 Å². The Morgan fingerprint density at radius 1 is 1.40 bits per heavy atom. The third-order valence-corrected chi connectivity index (χ3v) is 2.61. The number of thiophene rings is 1. The maximum atomic E-state index is 10.9. The summed E-state index contributed by atoms with van der Waals surface area (Å²) in [7, 11) is 0. The molecule has 1 heterocycles. The summed E-state index contributed by atoms with van der Waals surface area (Å²) in [5.41, 5.74) is 0.745. The smallest absolute Gasteiger partial charge is 0.187 e. The maximum Gasteiger partial charge on any atom is 0.187 e. The summed E-state index contributed by atoms with van der Waals surface area (Å²) in [6, 6.07) is 1.71. The number of ketones is 1. The van der Waals surface area contributed by atoms with Gasteiger partial charge in [0.15, 0.2) is 5.78 Å². The number of hydrogen-bond donors (Lipinski definition) is 0. The molecule has 0 aliphatic heterocycles. The van der Waals surface area contributed by atoms with Crippen LogP contribution in [0.1, 0.15) is 15.2 Å². The zero-order valence-corrected chi connectivity index (χ0v) is 6.50. The lowest BCUT2D eigenvalue weighted by Gasteiger charge is -1.79. The molecule has 0 N–H and O–H groups in total. The summed E-state index contributed by atoms with van der Waals surface area (Å²) in [5, 5.41) is 0. The molecule has 0 saturated carbocycles. The summed E-state index contributed by atoms with van der Waals surface area (Å²) in [4.78, 5) is 11.9. The van der Waals surface area contributed by atoms with Crippen LogP contribution in [-0.2, 0) is 0 Å². The van der Waals surface area contributed by atoms with Gasteiger partial charge >= 0.3 is 0 Å². The molecular weight excluding hydrogens is 168 g/mol. The Morgan fingerprint density at radius 2 is 2.20 bits per heavy atom. The Kier molecular flexibility index (Phi) is 1.19. The normalized spacial score (nSPS) is 14.3. The fourth-order valence-corrected chi connectivity index (χ4v) is 2.08. The van der Waals surface area contributed by atoms with E-state index in [2.05, 4.69) is 0 Å². The fourth-order valence-electron chi connectivity index (χ4n) is 0.932. The molecule has 0 fully saturated rings. The van der Waals surface area contributed by atoms with Gasteiger partial charge < -0.3 is 0 Å². The first-order valence-corrected chi connectivity index (χ1v) is 3.98. The van der Waals surface area contributed by atoms with Gasteiger partial charge in [-0.15, -0.1) is 11.3 Å². The molecule has 0 unspecified atom stereocenters. The van der Waals surface area contributed by atoms with E-state index in [4.69, 9.17) is 11.6 Å². The molecule has 1 aliphatic carbocycles. The lowest BCUT2D eigenvalue weighted by Crippen LogP contribution is -1.85. The molecule has 1 aromatic rings. The van der Waals surface area contributed by atoms with Gasteiger partial charge in [-0.2, -0.15) is 0 Å². The average Bonchev–Trinajstić information content (AvgIpc) is 2.35. The highest BCUT2D eigenvalue weighted by atomic mass is 35.5. The lowest BCUT2D eigenvalue weighted by molar-refractivity contribution is 0.105. The molecule has 0 atom stereocenters. The monoisotopic (exact) mass is 170 g/mol. The fraction of sp³-hybridized carbons (Fsp3) is 0. The van der Waals surface area contributed by atoms with E-state index in [1.54, 1.807) is 18.2 Å². The first-order chi connectivity index (χ1) is 4.77. The van der Waals surface area contributed by atoms with Gasteiger partial charge in [0.25, 0.3) is 0 Å². The molecule has 0 radical (unpaired) electrons. The van der Waals surface area contributed by atoms with Gasteiger partial charge in [-0.3, -0.25) is 4.79 Å². The number of hydrogen-bond acceptors (Lipinski definition) is 2. The van der Waals surface area contributed by atoms with Gasteiger partial charge in [0.1, 0.15) is 0 Å². The van der Waals surface area contributed by atoms with Crippen LogP contribution >= 0.6 is 22.9 Å². The van der Waals surface area contributed by atoms with Crippen molar-refractivity contribution < 1.29 is 4.79 Å². The second-order valence-corrected chi connectivity index (χ2v) is 3.74. The third-order valence-electron chi connectivity index (χ3n) is 1.38. The van der Waals surface area contributed by atoms with Gasteiger partial charge in [0, 0.05) is 10.4 Å². The Morgan fingerprint density at radius 3 is 2.90 bits per heavy atom. The zero-order valence-electron chi connectivity index (χ0n) is 4.93. The number of carbonyl (C=O) groups is 1. The van der Waals surface area contributed by atoms with E-state index in [1.807, 2.05) is 0 Å². The first-order valence-electron chi connectivity index (χ1n) is 2.79. The molecule has 2 rings (SSSR count). The van der Waals surface area contributed by atoms with Crippen LogP contribution in [-0.4, -0.2) is 5.78 Å². The Labute approximate surface area is 66.9 Å². The van der Waals surface area contributed by atoms with Crippen molar-refractivity contribution in [1.29, 1.82) is 0 Å². The summed E-state index contributed by atoms with van der Waals surface area (Å²) in [5.74, 6) is 0.0677. The molecule has 50 valence electrons. The molecule has 0 saturated heterocycles. The van der Waals surface area contributed by atoms with Gasteiger partial charge in [-0.05, 0) is 18.2 Å². The van der Waals surface area contributed by atoms with Crippen LogP contribution in [0.3, 0.4) is 0 Å². The predicted molar refractivity (Wildman–Crippen MR) is 42.7 cm³/mol. The number of carbonyl (C=O) groups excluding carboxylic acids is 1. The third kappa shape index (κ3) is 0.728. The van der Waals surface area contributed by atoms with Crippen molar-refractivity contribution in [3.8, 4) is 0 Å². The number of allylic oxidation sites excluding steroid dienone is 1. The van der Waals surface area contributed by atoms with Crippen molar-refractivity contribution in [2.75, 3.05) is 0 Å². The average molecular weight is 171 g/mol. The summed E-state index contributed by atoms with van der Waals surface area (Å²) < 4.78 is 0.683. The number of rotatable bonds is 0. The van der Waals surface area contributed by atoms with E-state index in [-0.39, 0.29) is 5.78 Å². The van der Waals surface area contributed by atoms with E-state index in [0.717, 1.165) is 10.4 Å². The molecule has 0 spiro atoms. The maximum absolute atomic E-state index is 10.9. The highest BCUT2D eigenvalue weighted by Crippen LogP contribution is 2.31. The van der Waals surface area contributed by atoms with Crippen molar-refractivity contribution in [3.63, 3.8) is 0 Å². The summed E-state index contributed by atoms with van der Waals surface area (Å²) in [6.45, 7) is 0. The van der Waals surface area contributed by atoms with Crippen LogP contribution < -0.4 is 0 Å². The highest BCUT2D eigenvalue weighted by molar-refractivity contribution is 7.17. The van der Waals surface area contributed by atoms with E-state index >= 15 is 0 Å². The van der Waals surface area contributed by atoms with E-state index in [1.165, 1.54) is 11.3 Å². The second-order valence-electron chi connectivity index (χ2n) is 2.03. The SMILES string of the molecule is O=C1C=Cc2sc(Cl)cc21. The van der Waals surface area contributed by atoms with Crippen molar-refractivity contribution >= 4 is 34.8 Å². The minimum atomic E-state index is 0.0677. The van der Waals surface area contributed by atoms with Crippen molar-refractivity contribution in [3.05, 3.63) is 26.9 Å². The Bertz CT molecular complexity index is 324. The van der Waals surface area contributed by atoms with Crippen LogP contribution in [0.4, 0.5) is 0 Å². The second kappa shape index (κ2) is 1.94. The largest absolute Gasteiger partial charge is 0.289 e. The van der Waals surface area contributed by atoms with Crippen LogP contribution in [0, 0.1) is 0 Å². The minimum Gasteiger partial charge on any atom is -0.289 e. The van der Waals surface area contributed by atoms with Crippen LogP contribution in [0.5, 0.6) is 0 Å². The molecule has 0 bridgehead atoms. The standard InChI is InChI=1S/C7H3ClOS/c8-7-3-4-5(9)1-2-6(4)10-7/h1-3H. The van der Waals surface area contributed by atoms with Crippen molar-refractivity contribution in [2.45, 2.75) is 0 Å². The highest BCUT2D eigenvalue weighted by Gasteiger charge is 2.16. The topological polar surface area (TPSA) is 17.1 Å². The Hall–Kier alpha value is -0.600. The van der Waals surface area contributed by atoms with Gasteiger partial charge in [0.2, 0.25) is 0 Å². The van der Waals surface area contributed by atoms with Crippen LogP contribution in [0.2, 0.25) is 4.34 Å². The molecule has 1 nitrogen and oxygen atoms in total. The molecule has 10 heavy (non-hydrogen) atoms. The minimum absolute atomic E-state index is 0.0677. The van der Waals surface area contributed by atoms with Gasteiger partial charge in [0.05, 0.1) is 4.34 Å². The van der Waals surface area contributed by atoms with Crippen LogP contribution in [0.15, 0.2) is 12.1 Å². The summed E-state index contributed by atoms with van der Waals surface area (Å²) >= 11 is 7.11. The molecule has 0 aromatic carbocycles. The molecule has 1 aliphatic rings. The number of halogens is 1. The quantitative estimate of drug-likeness (QED) is 0.585. The number of fused-ring (bicyclic) bond motifs is 1. The lowest BCUT2D eigenvalue weighted by atomic mass is 10.2. The van der Waals surface area contributed by atoms with Gasteiger partial charge in [-0.25, -0.2) is 0 Å². The molecule has 3 heteroatoms. The first kappa shape index (κ1) is 6.13. The summed E-state index contributed by atoms with van der Waals surface area (Å²) in [6.07, 6.45) is 3.37. The Balaban J connectivity index is 2.68.